The molecule has 0 saturated carbocycles. The van der Waals surface area contributed by atoms with E-state index < -0.39 is 0 Å². The zero-order valence-electron chi connectivity index (χ0n) is 15.6. The van der Waals surface area contributed by atoms with E-state index in [4.69, 9.17) is 4.74 Å². The third-order valence-electron chi connectivity index (χ3n) is 4.39. The Morgan fingerprint density at radius 1 is 1.18 bits per heavy atom. The zero-order valence-corrected chi connectivity index (χ0v) is 17.2. The van der Waals surface area contributed by atoms with E-state index in [0.29, 0.717) is 16.6 Å². The van der Waals surface area contributed by atoms with Gasteiger partial charge in [0.15, 0.2) is 5.17 Å². The predicted molar refractivity (Wildman–Crippen MR) is 117 cm³/mol. The molecule has 0 aliphatic carbocycles. The maximum Gasteiger partial charge on any atom is 0.269 e. The maximum atomic E-state index is 13.2. The molecular weight excluding hydrogens is 390 g/mol. The van der Waals surface area contributed by atoms with Crippen LogP contribution in [0.2, 0.25) is 0 Å². The number of hydrogen-bond acceptors (Lipinski definition) is 6. The van der Waals surface area contributed by atoms with Crippen LogP contribution in [0.5, 0.6) is 5.75 Å². The van der Waals surface area contributed by atoms with Gasteiger partial charge in [0.2, 0.25) is 0 Å². The molecule has 2 aliphatic rings. The van der Waals surface area contributed by atoms with Crippen molar-refractivity contribution in [3.63, 3.8) is 0 Å². The van der Waals surface area contributed by atoms with Gasteiger partial charge in [-0.1, -0.05) is 36.0 Å². The van der Waals surface area contributed by atoms with Crippen LogP contribution < -0.4 is 9.64 Å². The summed E-state index contributed by atoms with van der Waals surface area (Å²) < 4.78 is 5.34. The number of methoxy groups -OCH3 is 1. The molecule has 7 heteroatoms. The van der Waals surface area contributed by atoms with Gasteiger partial charge in [0, 0.05) is 24.6 Å². The molecule has 1 amide bonds. The van der Waals surface area contributed by atoms with Gasteiger partial charge in [0.05, 0.1) is 23.5 Å². The molecule has 2 heterocycles. The molecule has 0 unspecified atom stereocenters. The Labute approximate surface area is 172 Å². The predicted octanol–water partition coefficient (Wildman–Crippen LogP) is 4.86. The van der Waals surface area contributed by atoms with E-state index in [1.807, 2.05) is 60.5 Å². The molecule has 142 valence electrons. The van der Waals surface area contributed by atoms with Gasteiger partial charge in [-0.25, -0.2) is 4.99 Å². The minimum absolute atomic E-state index is 0.0475. The molecule has 0 aromatic heterocycles. The number of aliphatic imine (C=N–C) groups is 1. The second kappa shape index (κ2) is 7.77. The van der Waals surface area contributed by atoms with Crippen molar-refractivity contribution in [2.45, 2.75) is 4.90 Å². The van der Waals surface area contributed by atoms with Crippen molar-refractivity contribution >= 4 is 46.0 Å². The molecule has 1 saturated heterocycles. The Balaban J connectivity index is 1.73. The zero-order chi connectivity index (χ0) is 19.7. The van der Waals surface area contributed by atoms with Gasteiger partial charge >= 0.3 is 0 Å². The van der Waals surface area contributed by atoms with Crippen molar-refractivity contribution in [3.8, 4) is 5.75 Å². The molecule has 0 bridgehead atoms. The number of carbonyl (C=O) groups excluding carboxylic acids is 1. The fourth-order valence-corrected chi connectivity index (χ4v) is 5.31. The summed E-state index contributed by atoms with van der Waals surface area (Å²) in [4.78, 5) is 23.3. The molecule has 2 aromatic carbocycles. The molecule has 0 N–H and O–H groups in total. The van der Waals surface area contributed by atoms with Crippen LogP contribution in [0.4, 0.5) is 11.4 Å². The third kappa shape index (κ3) is 3.31. The molecule has 5 nitrogen and oxygen atoms in total. The summed E-state index contributed by atoms with van der Waals surface area (Å²) in [5.74, 6) is 0.746. The van der Waals surface area contributed by atoms with Gasteiger partial charge in [-0.2, -0.15) is 0 Å². The first-order valence-electron chi connectivity index (χ1n) is 8.70. The second-order valence-corrected chi connectivity index (χ2v) is 8.17. The number of amidine groups is 1. The lowest BCUT2D eigenvalue weighted by Crippen LogP contribution is -2.29. The van der Waals surface area contributed by atoms with E-state index in [0.717, 1.165) is 27.0 Å². The Morgan fingerprint density at radius 2 is 1.96 bits per heavy atom. The van der Waals surface area contributed by atoms with Crippen LogP contribution in [0.3, 0.4) is 0 Å². The summed E-state index contributed by atoms with van der Waals surface area (Å²) in [5, 5.41) is 1.58. The second-order valence-electron chi connectivity index (χ2n) is 6.17. The minimum atomic E-state index is -0.0475. The van der Waals surface area contributed by atoms with Crippen molar-refractivity contribution in [2.75, 3.05) is 25.6 Å². The van der Waals surface area contributed by atoms with Crippen molar-refractivity contribution in [1.82, 2.24) is 4.90 Å². The average Bonchev–Trinajstić information content (AvgIpc) is 3.20. The van der Waals surface area contributed by atoms with Crippen LogP contribution in [-0.2, 0) is 4.79 Å². The van der Waals surface area contributed by atoms with E-state index in [1.54, 1.807) is 29.8 Å². The molecule has 0 radical (unpaired) electrons. The van der Waals surface area contributed by atoms with E-state index in [-0.39, 0.29) is 5.91 Å². The lowest BCUT2D eigenvalue weighted by Gasteiger charge is -2.15. The van der Waals surface area contributed by atoms with Crippen LogP contribution in [0, 0.1) is 0 Å². The molecular formula is C21H19N3O2S2. The number of benzene rings is 2. The lowest BCUT2D eigenvalue weighted by atomic mass is 10.3. The highest BCUT2D eigenvalue weighted by Crippen LogP contribution is 2.51. The number of nitrogens with zero attached hydrogens (tertiary/aromatic N) is 3. The van der Waals surface area contributed by atoms with Crippen molar-refractivity contribution in [1.29, 1.82) is 0 Å². The topological polar surface area (TPSA) is 45.1 Å². The number of hydrogen-bond donors (Lipinski definition) is 0. The SMILES string of the molecule is C=CCN1C(=O)/C(=C2/Sc3ccc(OC)cc3N2C)SC1=Nc1ccccc1. The fraction of sp³-hybridized carbons (Fsp3) is 0.143. The summed E-state index contributed by atoms with van der Waals surface area (Å²) in [5.41, 5.74) is 1.85. The Hall–Kier alpha value is -2.64. The highest BCUT2D eigenvalue weighted by molar-refractivity contribution is 8.19. The first kappa shape index (κ1) is 18.7. The smallest absolute Gasteiger partial charge is 0.269 e. The number of carbonyl (C=O) groups is 1. The molecule has 1 fully saturated rings. The number of fused-ring (bicyclic) bond motifs is 1. The molecule has 0 atom stereocenters. The number of rotatable bonds is 4. The molecule has 0 spiro atoms. The monoisotopic (exact) mass is 409 g/mol. The summed E-state index contributed by atoms with van der Waals surface area (Å²) in [6.07, 6.45) is 1.72. The lowest BCUT2D eigenvalue weighted by molar-refractivity contribution is -0.121. The van der Waals surface area contributed by atoms with Crippen LogP contribution in [0.15, 0.2) is 81.0 Å². The van der Waals surface area contributed by atoms with Crippen LogP contribution in [-0.4, -0.2) is 36.7 Å². The van der Waals surface area contributed by atoms with E-state index in [1.165, 1.54) is 11.8 Å². The quantitative estimate of drug-likeness (QED) is 0.533. The Bertz CT molecular complexity index is 1000. The summed E-state index contributed by atoms with van der Waals surface area (Å²) >= 11 is 3.00. The number of para-hydroxylation sites is 1. The average molecular weight is 410 g/mol. The van der Waals surface area contributed by atoms with E-state index in [9.17, 15) is 4.79 Å². The first-order valence-corrected chi connectivity index (χ1v) is 10.3. The summed E-state index contributed by atoms with van der Waals surface area (Å²) in [6.45, 7) is 4.21. The molecule has 28 heavy (non-hydrogen) atoms. The summed E-state index contributed by atoms with van der Waals surface area (Å²) in [6, 6.07) is 15.6. The Morgan fingerprint density at radius 3 is 2.68 bits per heavy atom. The first-order chi connectivity index (χ1) is 13.6. The van der Waals surface area contributed by atoms with E-state index in [2.05, 4.69) is 11.6 Å². The van der Waals surface area contributed by atoms with Crippen molar-refractivity contribution in [2.24, 2.45) is 4.99 Å². The molecule has 4 rings (SSSR count). The molecule has 2 aliphatic heterocycles. The Kier molecular flexibility index (Phi) is 5.19. The van der Waals surface area contributed by atoms with Crippen LogP contribution in [0.1, 0.15) is 0 Å². The van der Waals surface area contributed by atoms with Gasteiger partial charge in [0.1, 0.15) is 10.7 Å². The maximum absolute atomic E-state index is 13.2. The normalized spacial score (nSPS) is 20.1. The van der Waals surface area contributed by atoms with Gasteiger partial charge in [0.25, 0.3) is 5.91 Å². The van der Waals surface area contributed by atoms with Crippen LogP contribution in [0.25, 0.3) is 0 Å². The number of thioether (sulfide) groups is 2. The highest BCUT2D eigenvalue weighted by atomic mass is 32.2. The van der Waals surface area contributed by atoms with Gasteiger partial charge in [-0.05, 0) is 36.0 Å². The molecule has 2 aromatic rings. The fourth-order valence-electron chi connectivity index (χ4n) is 2.97. The van der Waals surface area contributed by atoms with Crippen molar-refractivity contribution < 1.29 is 9.53 Å². The highest BCUT2D eigenvalue weighted by Gasteiger charge is 2.38. The largest absolute Gasteiger partial charge is 0.497 e. The van der Waals surface area contributed by atoms with E-state index >= 15 is 0 Å². The number of amides is 1. The standard InChI is InChI=1S/C21H19N3O2S2/c1-4-12-24-19(25)18(28-21(24)22-14-8-6-5-7-9-14)20-23(2)16-13-15(26-3)10-11-17(16)27-20/h4-11,13H,1,12H2,2-3H3/b20-18-,22-21?. The number of anilines is 1. The van der Waals surface area contributed by atoms with Gasteiger partial charge in [-0.3, -0.25) is 9.69 Å². The van der Waals surface area contributed by atoms with Crippen molar-refractivity contribution in [3.05, 3.63) is 71.1 Å². The third-order valence-corrected chi connectivity index (χ3v) is 6.82. The van der Waals surface area contributed by atoms with Gasteiger partial charge in [-0.15, -0.1) is 6.58 Å². The van der Waals surface area contributed by atoms with Crippen LogP contribution >= 0.6 is 23.5 Å². The summed E-state index contributed by atoms with van der Waals surface area (Å²) in [7, 11) is 3.62. The van der Waals surface area contributed by atoms with Gasteiger partial charge < -0.3 is 9.64 Å². The number of ether oxygens (including phenoxy) is 1. The minimum Gasteiger partial charge on any atom is -0.497 e.